The van der Waals surface area contributed by atoms with E-state index in [1.807, 2.05) is 4.57 Å². The lowest BCUT2D eigenvalue weighted by molar-refractivity contribution is -0.119. The van der Waals surface area contributed by atoms with Crippen molar-refractivity contribution in [3.05, 3.63) is 0 Å². The number of hydrogen-bond donors (Lipinski definition) is 1. The van der Waals surface area contributed by atoms with E-state index < -0.39 is 0 Å². The predicted octanol–water partition coefficient (Wildman–Crippen LogP) is 0.359. The molecule has 6 nitrogen and oxygen atoms in total. The molecule has 1 aliphatic rings. The minimum absolute atomic E-state index is 0.0370. The summed E-state index contributed by atoms with van der Waals surface area (Å²) in [5.41, 5.74) is 0. The van der Waals surface area contributed by atoms with Crippen molar-refractivity contribution in [2.45, 2.75) is 18.1 Å². The molecular formula is C8H12N4O2S. The largest absolute Gasteiger partial charge is 0.375 e. The van der Waals surface area contributed by atoms with E-state index >= 15 is 0 Å². The number of rotatable bonds is 3. The van der Waals surface area contributed by atoms with Gasteiger partial charge in [0, 0.05) is 19.4 Å². The standard InChI is InChI=1S/C8H12N4O2S/c1-14-5-6(13)9-7-10-11-8-12(7)3-2-4-15-8/h2-5H2,1H3,(H,9,10,13). The van der Waals surface area contributed by atoms with Gasteiger partial charge in [-0.05, 0) is 6.42 Å². The van der Waals surface area contributed by atoms with E-state index in [1.165, 1.54) is 7.11 Å². The summed E-state index contributed by atoms with van der Waals surface area (Å²) in [6.45, 7) is 0.896. The van der Waals surface area contributed by atoms with Gasteiger partial charge in [-0.2, -0.15) is 0 Å². The maximum absolute atomic E-state index is 11.3. The van der Waals surface area contributed by atoms with Crippen molar-refractivity contribution >= 4 is 23.6 Å². The van der Waals surface area contributed by atoms with Gasteiger partial charge in [-0.3, -0.25) is 14.7 Å². The van der Waals surface area contributed by atoms with Crippen LogP contribution in [0.15, 0.2) is 5.16 Å². The van der Waals surface area contributed by atoms with Crippen LogP contribution in [0.5, 0.6) is 0 Å². The Morgan fingerprint density at radius 2 is 2.53 bits per heavy atom. The molecule has 1 N–H and O–H groups in total. The van der Waals surface area contributed by atoms with E-state index in [0.29, 0.717) is 5.95 Å². The molecule has 0 saturated heterocycles. The molecule has 0 radical (unpaired) electrons. The van der Waals surface area contributed by atoms with Crippen LogP contribution >= 0.6 is 11.8 Å². The SMILES string of the molecule is COCC(=O)Nc1nnc2n1CCCS2. The van der Waals surface area contributed by atoms with Crippen LogP contribution in [0, 0.1) is 0 Å². The fraction of sp³-hybridized carbons (Fsp3) is 0.625. The molecule has 0 aromatic carbocycles. The Morgan fingerprint density at radius 1 is 1.67 bits per heavy atom. The summed E-state index contributed by atoms with van der Waals surface area (Å²) in [5.74, 6) is 1.37. The Hall–Kier alpha value is -1.08. The number of thioether (sulfide) groups is 1. The Morgan fingerprint density at radius 3 is 3.33 bits per heavy atom. The highest BCUT2D eigenvalue weighted by Crippen LogP contribution is 2.25. The van der Waals surface area contributed by atoms with Gasteiger partial charge in [0.25, 0.3) is 5.91 Å². The third kappa shape index (κ3) is 2.29. The molecule has 0 atom stereocenters. The van der Waals surface area contributed by atoms with Gasteiger partial charge in [-0.15, -0.1) is 10.2 Å². The van der Waals surface area contributed by atoms with Crippen LogP contribution in [0.25, 0.3) is 0 Å². The molecule has 0 fully saturated rings. The minimum Gasteiger partial charge on any atom is -0.375 e. The zero-order valence-electron chi connectivity index (χ0n) is 8.39. The first kappa shape index (κ1) is 10.4. The number of ether oxygens (including phenoxy) is 1. The number of anilines is 1. The van der Waals surface area contributed by atoms with Crippen molar-refractivity contribution < 1.29 is 9.53 Å². The van der Waals surface area contributed by atoms with Crippen molar-refractivity contribution in [3.63, 3.8) is 0 Å². The second kappa shape index (κ2) is 4.63. The van der Waals surface area contributed by atoms with E-state index in [0.717, 1.165) is 23.9 Å². The lowest BCUT2D eigenvalue weighted by Crippen LogP contribution is -2.21. The van der Waals surface area contributed by atoms with Crippen molar-refractivity contribution in [2.24, 2.45) is 0 Å². The summed E-state index contributed by atoms with van der Waals surface area (Å²) in [5, 5.41) is 11.4. The van der Waals surface area contributed by atoms with Gasteiger partial charge in [0.05, 0.1) is 0 Å². The van der Waals surface area contributed by atoms with E-state index in [-0.39, 0.29) is 12.5 Å². The number of nitrogens with zero attached hydrogens (tertiary/aromatic N) is 3. The smallest absolute Gasteiger partial charge is 0.252 e. The van der Waals surface area contributed by atoms with Crippen LogP contribution in [-0.4, -0.2) is 40.1 Å². The highest BCUT2D eigenvalue weighted by atomic mass is 32.2. The first-order valence-corrected chi connectivity index (χ1v) is 5.64. The van der Waals surface area contributed by atoms with Crippen LogP contribution in [-0.2, 0) is 16.1 Å². The van der Waals surface area contributed by atoms with Gasteiger partial charge < -0.3 is 4.74 Å². The molecule has 0 unspecified atom stereocenters. The molecule has 15 heavy (non-hydrogen) atoms. The molecule has 0 saturated carbocycles. The number of aromatic nitrogens is 3. The molecular weight excluding hydrogens is 216 g/mol. The summed E-state index contributed by atoms with van der Waals surface area (Å²) in [6.07, 6.45) is 1.07. The summed E-state index contributed by atoms with van der Waals surface area (Å²) < 4.78 is 6.64. The number of carbonyl (C=O) groups excluding carboxylic acids is 1. The van der Waals surface area contributed by atoms with Crippen molar-refractivity contribution in [1.82, 2.24) is 14.8 Å². The van der Waals surface area contributed by atoms with Gasteiger partial charge in [0.2, 0.25) is 5.95 Å². The third-order valence-corrected chi connectivity index (χ3v) is 3.05. The molecule has 1 aliphatic heterocycles. The maximum Gasteiger partial charge on any atom is 0.252 e. The average molecular weight is 228 g/mol. The van der Waals surface area contributed by atoms with E-state index in [9.17, 15) is 4.79 Å². The second-order valence-electron chi connectivity index (χ2n) is 3.14. The number of hydrogen-bond acceptors (Lipinski definition) is 5. The van der Waals surface area contributed by atoms with Gasteiger partial charge in [0.1, 0.15) is 6.61 Å². The third-order valence-electron chi connectivity index (χ3n) is 2.00. The zero-order chi connectivity index (χ0) is 10.7. The monoisotopic (exact) mass is 228 g/mol. The molecule has 2 rings (SSSR count). The fourth-order valence-electron chi connectivity index (χ4n) is 1.37. The lowest BCUT2D eigenvalue weighted by Gasteiger charge is -2.13. The Kier molecular flexibility index (Phi) is 3.22. The number of fused-ring (bicyclic) bond motifs is 1. The Bertz CT molecular complexity index is 366. The summed E-state index contributed by atoms with van der Waals surface area (Å²) in [6, 6.07) is 0. The lowest BCUT2D eigenvalue weighted by atomic mass is 10.5. The minimum atomic E-state index is -0.205. The highest BCUT2D eigenvalue weighted by molar-refractivity contribution is 7.99. The van der Waals surface area contributed by atoms with Gasteiger partial charge in [-0.25, -0.2) is 0 Å². The van der Waals surface area contributed by atoms with Gasteiger partial charge >= 0.3 is 0 Å². The Balaban J connectivity index is 2.08. The normalized spacial score (nSPS) is 14.7. The number of amides is 1. The second-order valence-corrected chi connectivity index (χ2v) is 4.20. The van der Waals surface area contributed by atoms with Gasteiger partial charge in [-0.1, -0.05) is 11.8 Å². The molecule has 7 heteroatoms. The van der Waals surface area contributed by atoms with E-state index in [2.05, 4.69) is 15.5 Å². The molecule has 1 amide bonds. The van der Waals surface area contributed by atoms with Crippen molar-refractivity contribution in [2.75, 3.05) is 24.8 Å². The van der Waals surface area contributed by atoms with Crippen molar-refractivity contribution in [3.8, 4) is 0 Å². The predicted molar refractivity (Wildman–Crippen MR) is 55.9 cm³/mol. The quantitative estimate of drug-likeness (QED) is 0.809. The van der Waals surface area contributed by atoms with E-state index in [4.69, 9.17) is 4.74 Å². The van der Waals surface area contributed by atoms with Gasteiger partial charge in [0.15, 0.2) is 5.16 Å². The molecule has 2 heterocycles. The maximum atomic E-state index is 11.3. The van der Waals surface area contributed by atoms with Crippen LogP contribution in [0.3, 0.4) is 0 Å². The topological polar surface area (TPSA) is 69.0 Å². The molecule has 0 bridgehead atoms. The number of nitrogens with one attached hydrogen (secondary N) is 1. The molecule has 82 valence electrons. The fourth-order valence-corrected chi connectivity index (χ4v) is 2.26. The molecule has 1 aromatic rings. The zero-order valence-corrected chi connectivity index (χ0v) is 9.21. The summed E-state index contributed by atoms with van der Waals surface area (Å²) >= 11 is 1.66. The number of methoxy groups -OCH3 is 1. The summed E-state index contributed by atoms with van der Waals surface area (Å²) in [7, 11) is 1.48. The number of carbonyl (C=O) groups is 1. The van der Waals surface area contributed by atoms with Crippen LogP contribution < -0.4 is 5.32 Å². The highest BCUT2D eigenvalue weighted by Gasteiger charge is 2.17. The molecule has 1 aromatic heterocycles. The van der Waals surface area contributed by atoms with E-state index in [1.54, 1.807) is 11.8 Å². The van der Waals surface area contributed by atoms with Crippen LogP contribution in [0.1, 0.15) is 6.42 Å². The summed E-state index contributed by atoms with van der Waals surface area (Å²) in [4.78, 5) is 11.3. The van der Waals surface area contributed by atoms with Crippen LogP contribution in [0.4, 0.5) is 5.95 Å². The first-order chi connectivity index (χ1) is 7.31. The average Bonchev–Trinajstić information content (AvgIpc) is 2.62. The van der Waals surface area contributed by atoms with Crippen LogP contribution in [0.2, 0.25) is 0 Å². The van der Waals surface area contributed by atoms with Crippen molar-refractivity contribution in [1.29, 1.82) is 0 Å². The molecule has 0 spiro atoms. The first-order valence-electron chi connectivity index (χ1n) is 4.66. The Labute approximate surface area is 91.4 Å². The molecule has 0 aliphatic carbocycles.